The summed E-state index contributed by atoms with van der Waals surface area (Å²) in [6.07, 6.45) is 0. The van der Waals surface area contributed by atoms with Gasteiger partial charge in [0, 0.05) is 25.4 Å². The van der Waals surface area contributed by atoms with Gasteiger partial charge in [-0.1, -0.05) is 0 Å². The van der Waals surface area contributed by atoms with Gasteiger partial charge in [0.2, 0.25) is 5.82 Å². The molecule has 0 fully saturated rings. The molecule has 0 N–H and O–H groups in total. The first-order valence-corrected chi connectivity index (χ1v) is 5.18. The Kier molecular flexibility index (Phi) is 3.99. The van der Waals surface area contributed by atoms with Gasteiger partial charge in [-0.3, -0.25) is 10.1 Å². The summed E-state index contributed by atoms with van der Waals surface area (Å²) in [6, 6.07) is 5.13. The zero-order valence-corrected chi connectivity index (χ0v) is 10.0. The Labute approximate surface area is 99.6 Å². The SMILES string of the molecule is Cc1ccc([N+](=O)[O-])c(N(C)CC(C)C#N)n1. The lowest BCUT2D eigenvalue weighted by molar-refractivity contribution is -0.384. The van der Waals surface area contributed by atoms with Gasteiger partial charge < -0.3 is 4.90 Å². The first kappa shape index (κ1) is 12.9. The Hall–Kier alpha value is -2.16. The van der Waals surface area contributed by atoms with Gasteiger partial charge in [-0.05, 0) is 19.9 Å². The van der Waals surface area contributed by atoms with E-state index in [1.165, 1.54) is 6.07 Å². The maximum Gasteiger partial charge on any atom is 0.311 e. The molecule has 1 aromatic rings. The van der Waals surface area contributed by atoms with Crippen LogP contribution >= 0.6 is 0 Å². The zero-order valence-electron chi connectivity index (χ0n) is 10.0. The molecule has 0 aliphatic carbocycles. The summed E-state index contributed by atoms with van der Waals surface area (Å²) in [5.74, 6) is 0.0963. The number of hydrogen-bond donors (Lipinski definition) is 0. The molecule has 1 atom stereocenters. The van der Waals surface area contributed by atoms with Crippen molar-refractivity contribution in [2.24, 2.45) is 5.92 Å². The van der Waals surface area contributed by atoms with Crippen molar-refractivity contribution in [1.82, 2.24) is 4.98 Å². The second kappa shape index (κ2) is 5.25. The van der Waals surface area contributed by atoms with E-state index < -0.39 is 4.92 Å². The van der Waals surface area contributed by atoms with Gasteiger partial charge in [-0.25, -0.2) is 4.98 Å². The Morgan fingerprint density at radius 2 is 2.29 bits per heavy atom. The fourth-order valence-corrected chi connectivity index (χ4v) is 1.50. The van der Waals surface area contributed by atoms with Crippen LogP contribution in [0.15, 0.2) is 12.1 Å². The lowest BCUT2D eigenvalue weighted by atomic mass is 10.2. The van der Waals surface area contributed by atoms with Crippen LogP contribution in [0.25, 0.3) is 0 Å². The predicted molar refractivity (Wildman–Crippen MR) is 63.7 cm³/mol. The summed E-state index contributed by atoms with van der Waals surface area (Å²) >= 11 is 0. The molecule has 90 valence electrons. The smallest absolute Gasteiger partial charge is 0.311 e. The van der Waals surface area contributed by atoms with Crippen LogP contribution in [0.5, 0.6) is 0 Å². The van der Waals surface area contributed by atoms with Crippen molar-refractivity contribution < 1.29 is 4.92 Å². The molecule has 1 unspecified atom stereocenters. The molecule has 1 rings (SSSR count). The number of aromatic nitrogens is 1. The van der Waals surface area contributed by atoms with Crippen molar-refractivity contribution in [3.8, 4) is 6.07 Å². The standard InChI is InChI=1S/C11H14N4O2/c1-8(6-12)7-14(3)11-10(15(16)17)5-4-9(2)13-11/h4-5,8H,7H2,1-3H3. The van der Waals surface area contributed by atoms with E-state index in [0.717, 1.165) is 0 Å². The highest BCUT2D eigenvalue weighted by Gasteiger charge is 2.19. The third-order valence-electron chi connectivity index (χ3n) is 2.32. The molecule has 1 heterocycles. The maximum absolute atomic E-state index is 10.9. The molecule has 17 heavy (non-hydrogen) atoms. The van der Waals surface area contributed by atoms with Crippen molar-refractivity contribution in [2.75, 3.05) is 18.5 Å². The quantitative estimate of drug-likeness (QED) is 0.586. The number of rotatable bonds is 4. The van der Waals surface area contributed by atoms with E-state index in [-0.39, 0.29) is 11.6 Å². The number of hydrogen-bond acceptors (Lipinski definition) is 5. The highest BCUT2D eigenvalue weighted by molar-refractivity contribution is 5.57. The Morgan fingerprint density at radius 1 is 1.65 bits per heavy atom. The summed E-state index contributed by atoms with van der Waals surface area (Å²) in [7, 11) is 1.70. The highest BCUT2D eigenvalue weighted by Crippen LogP contribution is 2.25. The third-order valence-corrected chi connectivity index (χ3v) is 2.32. The van der Waals surface area contributed by atoms with Crippen molar-refractivity contribution in [1.29, 1.82) is 5.26 Å². The Morgan fingerprint density at radius 3 is 2.82 bits per heavy atom. The monoisotopic (exact) mass is 234 g/mol. The molecule has 0 radical (unpaired) electrons. The van der Waals surface area contributed by atoms with Crippen molar-refractivity contribution >= 4 is 11.5 Å². The average molecular weight is 234 g/mol. The second-order valence-electron chi connectivity index (χ2n) is 3.96. The number of nitrogens with zero attached hydrogens (tertiary/aromatic N) is 4. The molecule has 0 aromatic carbocycles. The van der Waals surface area contributed by atoms with E-state index in [9.17, 15) is 10.1 Å². The topological polar surface area (TPSA) is 83.1 Å². The molecule has 0 amide bonds. The van der Waals surface area contributed by atoms with Crippen LogP contribution in [0.1, 0.15) is 12.6 Å². The minimum absolute atomic E-state index is 0.0387. The van der Waals surface area contributed by atoms with E-state index in [4.69, 9.17) is 5.26 Å². The summed E-state index contributed by atoms with van der Waals surface area (Å²) in [4.78, 5) is 16.2. The van der Waals surface area contributed by atoms with Gasteiger partial charge in [0.05, 0.1) is 16.9 Å². The minimum Gasteiger partial charge on any atom is -0.353 e. The van der Waals surface area contributed by atoms with Gasteiger partial charge in [0.15, 0.2) is 0 Å². The van der Waals surface area contributed by atoms with Crippen LogP contribution < -0.4 is 4.90 Å². The lowest BCUT2D eigenvalue weighted by Crippen LogP contribution is -2.25. The largest absolute Gasteiger partial charge is 0.353 e. The maximum atomic E-state index is 10.9. The molecule has 0 aliphatic rings. The fourth-order valence-electron chi connectivity index (χ4n) is 1.50. The van der Waals surface area contributed by atoms with E-state index in [1.54, 1.807) is 31.9 Å². The molecule has 0 spiro atoms. The van der Waals surface area contributed by atoms with Crippen LogP contribution in [0.2, 0.25) is 0 Å². The molecule has 6 heteroatoms. The zero-order chi connectivity index (χ0) is 13.0. The first-order valence-electron chi connectivity index (χ1n) is 5.18. The van der Waals surface area contributed by atoms with Crippen LogP contribution in [-0.2, 0) is 0 Å². The number of pyridine rings is 1. The molecule has 0 saturated carbocycles. The van der Waals surface area contributed by atoms with Crippen LogP contribution in [0, 0.1) is 34.3 Å². The number of nitriles is 1. The van der Waals surface area contributed by atoms with Crippen molar-refractivity contribution in [3.63, 3.8) is 0 Å². The predicted octanol–water partition coefficient (Wildman–Crippen LogP) is 1.89. The van der Waals surface area contributed by atoms with Gasteiger partial charge in [0.1, 0.15) is 0 Å². The van der Waals surface area contributed by atoms with Gasteiger partial charge in [-0.2, -0.15) is 5.26 Å². The van der Waals surface area contributed by atoms with Crippen molar-refractivity contribution in [2.45, 2.75) is 13.8 Å². The normalized spacial score (nSPS) is 11.6. The molecule has 0 aliphatic heterocycles. The summed E-state index contributed by atoms with van der Waals surface area (Å²) in [6.45, 7) is 3.95. The van der Waals surface area contributed by atoms with E-state index in [1.807, 2.05) is 0 Å². The molecular formula is C11H14N4O2. The molecule has 6 nitrogen and oxygen atoms in total. The summed E-state index contributed by atoms with van der Waals surface area (Å²) in [5, 5.41) is 19.6. The second-order valence-corrected chi connectivity index (χ2v) is 3.96. The number of anilines is 1. The summed E-state index contributed by atoms with van der Waals surface area (Å²) in [5.41, 5.74) is 0.672. The Bertz CT molecular complexity index is 467. The summed E-state index contributed by atoms with van der Waals surface area (Å²) < 4.78 is 0. The molecule has 0 saturated heterocycles. The van der Waals surface area contributed by atoms with E-state index in [0.29, 0.717) is 18.1 Å². The molecule has 0 bridgehead atoms. The number of nitro groups is 1. The van der Waals surface area contributed by atoms with Crippen molar-refractivity contribution in [3.05, 3.63) is 27.9 Å². The van der Waals surface area contributed by atoms with Crippen LogP contribution in [-0.4, -0.2) is 23.5 Å². The third kappa shape index (κ3) is 3.14. The van der Waals surface area contributed by atoms with Gasteiger partial charge in [-0.15, -0.1) is 0 Å². The fraction of sp³-hybridized carbons (Fsp3) is 0.455. The highest BCUT2D eigenvalue weighted by atomic mass is 16.6. The van der Waals surface area contributed by atoms with E-state index in [2.05, 4.69) is 11.1 Å². The first-order chi connectivity index (χ1) is 7.95. The average Bonchev–Trinajstić information content (AvgIpc) is 2.28. The molecular weight excluding hydrogens is 220 g/mol. The van der Waals surface area contributed by atoms with Crippen LogP contribution in [0.3, 0.4) is 0 Å². The van der Waals surface area contributed by atoms with Gasteiger partial charge in [0.25, 0.3) is 0 Å². The van der Waals surface area contributed by atoms with Crippen LogP contribution in [0.4, 0.5) is 11.5 Å². The Balaban J connectivity index is 3.07. The van der Waals surface area contributed by atoms with Gasteiger partial charge >= 0.3 is 5.69 Å². The lowest BCUT2D eigenvalue weighted by Gasteiger charge is -2.19. The minimum atomic E-state index is -0.463. The number of aryl methyl sites for hydroxylation is 1. The van der Waals surface area contributed by atoms with E-state index >= 15 is 0 Å². The molecule has 1 aromatic heterocycles.